The fourth-order valence-corrected chi connectivity index (χ4v) is 2.84. The minimum atomic E-state index is 0.0495. The summed E-state index contributed by atoms with van der Waals surface area (Å²) in [4.78, 5) is 14.1. The Morgan fingerprint density at radius 1 is 1.45 bits per heavy atom. The Hall–Kier alpha value is -1.55. The van der Waals surface area contributed by atoms with Crippen molar-refractivity contribution >= 4 is 5.91 Å². The molecule has 2 rings (SSSR count). The molecule has 0 spiro atoms. The Labute approximate surface area is 120 Å². The van der Waals surface area contributed by atoms with Crippen LogP contribution in [-0.2, 0) is 4.79 Å². The highest BCUT2D eigenvalue weighted by Gasteiger charge is 2.31. The predicted molar refractivity (Wildman–Crippen MR) is 79.7 cm³/mol. The van der Waals surface area contributed by atoms with E-state index in [-0.39, 0.29) is 18.6 Å². The Kier molecular flexibility index (Phi) is 4.65. The van der Waals surface area contributed by atoms with Crippen molar-refractivity contribution in [1.29, 1.82) is 0 Å². The highest BCUT2D eigenvalue weighted by molar-refractivity contribution is 5.78. The Bertz CT molecular complexity index is 487. The number of nitrogens with zero attached hydrogens (tertiary/aromatic N) is 1. The molecular weight excluding hydrogens is 252 g/mol. The predicted octanol–water partition coefficient (Wildman–Crippen LogP) is 1.88. The summed E-state index contributed by atoms with van der Waals surface area (Å²) in [6.45, 7) is 7.62. The zero-order valence-electron chi connectivity index (χ0n) is 12.6. The molecule has 110 valence electrons. The number of rotatable bonds is 4. The van der Waals surface area contributed by atoms with E-state index in [2.05, 4.69) is 13.0 Å². The molecule has 1 heterocycles. The largest absolute Gasteiger partial charge is 0.484 e. The van der Waals surface area contributed by atoms with Crippen LogP contribution in [0.4, 0.5) is 0 Å². The number of amides is 1. The van der Waals surface area contributed by atoms with Gasteiger partial charge in [0.1, 0.15) is 5.75 Å². The number of carbonyl (C=O) groups excluding carboxylic acids is 1. The second-order valence-corrected chi connectivity index (χ2v) is 5.79. The molecule has 1 aliphatic heterocycles. The maximum Gasteiger partial charge on any atom is 0.260 e. The third-order valence-corrected chi connectivity index (χ3v) is 4.00. The number of nitrogens with two attached hydrogens (primary N) is 1. The van der Waals surface area contributed by atoms with E-state index in [0.29, 0.717) is 12.5 Å². The fourth-order valence-electron chi connectivity index (χ4n) is 2.84. The average Bonchev–Trinajstić information content (AvgIpc) is 2.79. The lowest BCUT2D eigenvalue weighted by Gasteiger charge is -2.21. The van der Waals surface area contributed by atoms with Crippen molar-refractivity contribution in [3.8, 4) is 5.75 Å². The molecular formula is C16H24N2O2. The van der Waals surface area contributed by atoms with Gasteiger partial charge >= 0.3 is 0 Å². The van der Waals surface area contributed by atoms with E-state index < -0.39 is 0 Å². The van der Waals surface area contributed by atoms with Crippen molar-refractivity contribution in [2.45, 2.75) is 33.2 Å². The minimum absolute atomic E-state index is 0.0495. The maximum absolute atomic E-state index is 12.2. The van der Waals surface area contributed by atoms with Gasteiger partial charge in [0.2, 0.25) is 0 Å². The molecule has 2 N–H and O–H groups in total. The van der Waals surface area contributed by atoms with Crippen molar-refractivity contribution in [3.05, 3.63) is 29.3 Å². The second-order valence-electron chi connectivity index (χ2n) is 5.79. The zero-order chi connectivity index (χ0) is 14.7. The van der Waals surface area contributed by atoms with E-state index in [1.807, 2.05) is 30.9 Å². The quantitative estimate of drug-likeness (QED) is 0.913. The minimum Gasteiger partial charge on any atom is -0.484 e. The lowest BCUT2D eigenvalue weighted by atomic mass is 10.1. The number of hydrogen-bond acceptors (Lipinski definition) is 3. The first kappa shape index (κ1) is 14.9. The van der Waals surface area contributed by atoms with Crippen LogP contribution in [0.15, 0.2) is 18.2 Å². The van der Waals surface area contributed by atoms with Crippen LogP contribution in [0.1, 0.15) is 24.5 Å². The first-order chi connectivity index (χ1) is 9.51. The van der Waals surface area contributed by atoms with Crippen LogP contribution in [-0.4, -0.2) is 36.5 Å². The summed E-state index contributed by atoms with van der Waals surface area (Å²) in [5.41, 5.74) is 7.94. The molecule has 2 atom stereocenters. The third kappa shape index (κ3) is 3.31. The van der Waals surface area contributed by atoms with Crippen molar-refractivity contribution in [2.75, 3.05) is 19.7 Å². The molecule has 2 unspecified atom stereocenters. The fraction of sp³-hybridized carbons (Fsp3) is 0.562. The Morgan fingerprint density at radius 3 is 2.80 bits per heavy atom. The number of likely N-dealkylation sites (tertiary alicyclic amines) is 1. The van der Waals surface area contributed by atoms with Gasteiger partial charge in [-0.05, 0) is 51.3 Å². The second kappa shape index (κ2) is 6.27. The van der Waals surface area contributed by atoms with Crippen LogP contribution in [0, 0.1) is 19.8 Å². The maximum atomic E-state index is 12.2. The molecule has 4 heteroatoms. The van der Waals surface area contributed by atoms with Crippen LogP contribution < -0.4 is 10.5 Å². The lowest BCUT2D eigenvalue weighted by Crippen LogP contribution is -2.37. The summed E-state index contributed by atoms with van der Waals surface area (Å²) < 4.78 is 5.66. The topological polar surface area (TPSA) is 55.6 Å². The number of aryl methyl sites for hydroxylation is 2. The lowest BCUT2D eigenvalue weighted by molar-refractivity contribution is -0.134. The van der Waals surface area contributed by atoms with Gasteiger partial charge in [-0.25, -0.2) is 0 Å². The molecule has 0 saturated carbocycles. The van der Waals surface area contributed by atoms with E-state index in [9.17, 15) is 4.79 Å². The van der Waals surface area contributed by atoms with Crippen molar-refractivity contribution in [1.82, 2.24) is 4.90 Å². The molecule has 1 aromatic carbocycles. The number of ether oxygens (including phenoxy) is 1. The molecule has 1 aliphatic rings. The van der Waals surface area contributed by atoms with Gasteiger partial charge in [-0.2, -0.15) is 0 Å². The van der Waals surface area contributed by atoms with Gasteiger partial charge in [0.25, 0.3) is 5.91 Å². The van der Waals surface area contributed by atoms with Gasteiger partial charge in [0.15, 0.2) is 6.61 Å². The molecule has 1 fully saturated rings. The summed E-state index contributed by atoms with van der Waals surface area (Å²) in [6, 6.07) is 6.24. The van der Waals surface area contributed by atoms with Crippen molar-refractivity contribution < 1.29 is 9.53 Å². The molecule has 1 amide bonds. The average molecular weight is 276 g/mol. The van der Waals surface area contributed by atoms with E-state index in [4.69, 9.17) is 10.5 Å². The SMILES string of the molecule is Cc1ccc(OCC(=O)N2CC(CN)CC2C)c(C)c1. The van der Waals surface area contributed by atoms with Crippen molar-refractivity contribution in [3.63, 3.8) is 0 Å². The van der Waals surface area contributed by atoms with Gasteiger partial charge in [-0.3, -0.25) is 4.79 Å². The first-order valence-electron chi connectivity index (χ1n) is 7.21. The van der Waals surface area contributed by atoms with Gasteiger partial charge in [-0.1, -0.05) is 17.7 Å². The summed E-state index contributed by atoms with van der Waals surface area (Å²) >= 11 is 0. The van der Waals surface area contributed by atoms with Crippen LogP contribution in [0.5, 0.6) is 5.75 Å². The van der Waals surface area contributed by atoms with E-state index in [1.165, 1.54) is 5.56 Å². The molecule has 0 radical (unpaired) electrons. The van der Waals surface area contributed by atoms with Crippen molar-refractivity contribution in [2.24, 2.45) is 11.7 Å². The standard InChI is InChI=1S/C16H24N2O2/c1-11-4-5-15(12(2)6-11)20-10-16(19)18-9-14(8-17)7-13(18)3/h4-6,13-14H,7-10,17H2,1-3H3. The molecule has 0 aromatic heterocycles. The highest BCUT2D eigenvalue weighted by atomic mass is 16.5. The summed E-state index contributed by atoms with van der Waals surface area (Å²) in [5, 5.41) is 0. The molecule has 0 bridgehead atoms. The van der Waals surface area contributed by atoms with E-state index >= 15 is 0 Å². The highest BCUT2D eigenvalue weighted by Crippen LogP contribution is 2.23. The smallest absolute Gasteiger partial charge is 0.260 e. The number of carbonyl (C=O) groups is 1. The summed E-state index contributed by atoms with van der Waals surface area (Å²) in [7, 11) is 0. The molecule has 1 aromatic rings. The van der Waals surface area contributed by atoms with Gasteiger partial charge in [0.05, 0.1) is 0 Å². The van der Waals surface area contributed by atoms with Crippen LogP contribution in [0.3, 0.4) is 0 Å². The Balaban J connectivity index is 1.92. The van der Waals surface area contributed by atoms with Crippen LogP contribution >= 0.6 is 0 Å². The molecule has 4 nitrogen and oxygen atoms in total. The molecule has 20 heavy (non-hydrogen) atoms. The van der Waals surface area contributed by atoms with Crippen LogP contribution in [0.2, 0.25) is 0 Å². The normalized spacial score (nSPS) is 22.1. The van der Waals surface area contributed by atoms with E-state index in [1.54, 1.807) is 0 Å². The monoisotopic (exact) mass is 276 g/mol. The number of benzene rings is 1. The summed E-state index contributed by atoms with van der Waals surface area (Å²) in [6.07, 6.45) is 0.992. The van der Waals surface area contributed by atoms with E-state index in [0.717, 1.165) is 24.3 Å². The third-order valence-electron chi connectivity index (χ3n) is 4.00. The van der Waals surface area contributed by atoms with Gasteiger partial charge in [0, 0.05) is 12.6 Å². The molecule has 0 aliphatic carbocycles. The first-order valence-corrected chi connectivity index (χ1v) is 7.21. The number of hydrogen-bond donors (Lipinski definition) is 1. The zero-order valence-corrected chi connectivity index (χ0v) is 12.6. The molecule has 1 saturated heterocycles. The van der Waals surface area contributed by atoms with Gasteiger partial charge in [-0.15, -0.1) is 0 Å². The van der Waals surface area contributed by atoms with Gasteiger partial charge < -0.3 is 15.4 Å². The summed E-state index contributed by atoms with van der Waals surface area (Å²) in [5.74, 6) is 1.26. The van der Waals surface area contributed by atoms with Crippen LogP contribution in [0.25, 0.3) is 0 Å². The Morgan fingerprint density at radius 2 is 2.20 bits per heavy atom.